The van der Waals surface area contributed by atoms with E-state index in [1.54, 1.807) is 0 Å². The highest BCUT2D eigenvalue weighted by atomic mass is 16.4. The summed E-state index contributed by atoms with van der Waals surface area (Å²) < 4.78 is 4.71. The summed E-state index contributed by atoms with van der Waals surface area (Å²) >= 11 is 0. The highest BCUT2D eigenvalue weighted by Crippen LogP contribution is 2.11. The Kier molecular flexibility index (Phi) is 2.81. The van der Waals surface area contributed by atoms with Crippen LogP contribution in [-0.4, -0.2) is 22.6 Å². The Hall–Kier alpha value is -1.91. The molecule has 5 heteroatoms. The summed E-state index contributed by atoms with van der Waals surface area (Å²) in [4.78, 5) is 32.9. The average molecular weight is 196 g/mol. The smallest absolute Gasteiger partial charge is 0.322 e. The molecular weight excluding hydrogens is 188 g/mol. The summed E-state index contributed by atoms with van der Waals surface area (Å²) in [5.41, 5.74) is 0. The molecule has 74 valence electrons. The van der Waals surface area contributed by atoms with E-state index in [0.29, 0.717) is 0 Å². The van der Waals surface area contributed by atoms with Gasteiger partial charge in [-0.25, -0.2) is 0 Å². The minimum absolute atomic E-state index is 0.118. The maximum Gasteiger partial charge on any atom is 0.322 e. The SMILES string of the molecule is CC(=O)C(C(=O)O)C(=O)c1ccco1. The fourth-order valence-corrected chi connectivity index (χ4v) is 1.03. The molecule has 1 aromatic heterocycles. The molecule has 0 fully saturated rings. The molecule has 1 heterocycles. The van der Waals surface area contributed by atoms with Crippen LogP contribution in [0.25, 0.3) is 0 Å². The van der Waals surface area contributed by atoms with E-state index < -0.39 is 23.5 Å². The molecule has 1 rings (SSSR count). The number of ketones is 2. The van der Waals surface area contributed by atoms with Gasteiger partial charge >= 0.3 is 5.97 Å². The minimum atomic E-state index is -1.67. The summed E-state index contributed by atoms with van der Waals surface area (Å²) in [6, 6.07) is 2.77. The zero-order valence-corrected chi connectivity index (χ0v) is 7.39. The lowest BCUT2D eigenvalue weighted by atomic mass is 9.98. The van der Waals surface area contributed by atoms with Crippen LogP contribution in [-0.2, 0) is 9.59 Å². The van der Waals surface area contributed by atoms with Crippen LogP contribution in [0.15, 0.2) is 22.8 Å². The first-order chi connectivity index (χ1) is 6.54. The molecule has 0 aliphatic rings. The van der Waals surface area contributed by atoms with Gasteiger partial charge in [0, 0.05) is 0 Å². The van der Waals surface area contributed by atoms with Crippen molar-refractivity contribution in [3.8, 4) is 0 Å². The molecule has 1 unspecified atom stereocenters. The summed E-state index contributed by atoms with van der Waals surface area (Å²) in [6.07, 6.45) is 1.24. The average Bonchev–Trinajstić information content (AvgIpc) is 2.53. The Morgan fingerprint density at radius 3 is 2.43 bits per heavy atom. The lowest BCUT2D eigenvalue weighted by Crippen LogP contribution is -2.29. The van der Waals surface area contributed by atoms with Gasteiger partial charge in [-0.1, -0.05) is 0 Å². The van der Waals surface area contributed by atoms with Crippen molar-refractivity contribution in [2.45, 2.75) is 6.92 Å². The fourth-order valence-electron chi connectivity index (χ4n) is 1.03. The number of carboxylic acids is 1. The zero-order valence-electron chi connectivity index (χ0n) is 7.39. The first-order valence-corrected chi connectivity index (χ1v) is 3.85. The van der Waals surface area contributed by atoms with Crippen LogP contribution in [0.1, 0.15) is 17.5 Å². The van der Waals surface area contributed by atoms with Crippen molar-refractivity contribution >= 4 is 17.5 Å². The third kappa shape index (κ3) is 1.87. The van der Waals surface area contributed by atoms with Gasteiger partial charge < -0.3 is 9.52 Å². The number of Topliss-reactive ketones (excluding diaryl/α,β-unsaturated/α-hetero) is 2. The molecule has 0 radical (unpaired) electrons. The number of carbonyl (C=O) groups excluding carboxylic acids is 2. The normalized spacial score (nSPS) is 12.1. The second-order valence-corrected chi connectivity index (χ2v) is 2.72. The quantitative estimate of drug-likeness (QED) is 0.567. The molecule has 0 aliphatic heterocycles. The minimum Gasteiger partial charge on any atom is -0.480 e. The monoisotopic (exact) mass is 196 g/mol. The van der Waals surface area contributed by atoms with Crippen molar-refractivity contribution in [3.63, 3.8) is 0 Å². The van der Waals surface area contributed by atoms with Crippen LogP contribution in [0.2, 0.25) is 0 Å². The van der Waals surface area contributed by atoms with Crippen LogP contribution in [0.4, 0.5) is 0 Å². The number of carboxylic acid groups (broad SMARTS) is 1. The van der Waals surface area contributed by atoms with Gasteiger partial charge in [-0.05, 0) is 19.1 Å². The van der Waals surface area contributed by atoms with Crippen molar-refractivity contribution in [2.24, 2.45) is 5.92 Å². The summed E-state index contributed by atoms with van der Waals surface area (Å²) in [6.45, 7) is 1.06. The second-order valence-electron chi connectivity index (χ2n) is 2.72. The second kappa shape index (κ2) is 3.87. The maximum atomic E-state index is 11.4. The Labute approximate surface area is 79.3 Å². The molecule has 1 N–H and O–H groups in total. The molecule has 0 saturated carbocycles. The van der Waals surface area contributed by atoms with Gasteiger partial charge in [0.1, 0.15) is 0 Å². The Bertz CT molecular complexity index is 349. The highest BCUT2D eigenvalue weighted by molar-refractivity contribution is 6.20. The largest absolute Gasteiger partial charge is 0.480 e. The molecule has 0 spiro atoms. The molecule has 0 aromatic carbocycles. The summed E-state index contributed by atoms with van der Waals surface area (Å²) in [5.74, 6) is -4.78. The molecule has 0 bridgehead atoms. The molecule has 0 amide bonds. The van der Waals surface area contributed by atoms with Crippen LogP contribution in [0, 0.1) is 5.92 Å². The molecular formula is C9H8O5. The van der Waals surface area contributed by atoms with Crippen LogP contribution in [0.5, 0.6) is 0 Å². The number of aliphatic carboxylic acids is 1. The van der Waals surface area contributed by atoms with Gasteiger partial charge in [0.15, 0.2) is 17.5 Å². The maximum absolute atomic E-state index is 11.4. The van der Waals surface area contributed by atoms with Gasteiger partial charge in [0.05, 0.1) is 6.26 Å². The number of carbonyl (C=O) groups is 3. The molecule has 0 aliphatic carbocycles. The number of rotatable bonds is 4. The van der Waals surface area contributed by atoms with E-state index in [4.69, 9.17) is 9.52 Å². The molecule has 1 atom stereocenters. The molecule has 14 heavy (non-hydrogen) atoms. The highest BCUT2D eigenvalue weighted by Gasteiger charge is 2.33. The Balaban J connectivity index is 2.97. The van der Waals surface area contributed by atoms with Gasteiger partial charge in [-0.15, -0.1) is 0 Å². The van der Waals surface area contributed by atoms with E-state index in [1.807, 2.05) is 0 Å². The predicted octanol–water partition coefficient (Wildman–Crippen LogP) is 0.752. The van der Waals surface area contributed by atoms with Crippen molar-refractivity contribution in [2.75, 3.05) is 0 Å². The molecule has 1 aromatic rings. The van der Waals surface area contributed by atoms with E-state index in [0.717, 1.165) is 6.92 Å². The van der Waals surface area contributed by atoms with Crippen LogP contribution >= 0.6 is 0 Å². The summed E-state index contributed by atoms with van der Waals surface area (Å²) in [7, 11) is 0. The van der Waals surface area contributed by atoms with E-state index in [-0.39, 0.29) is 5.76 Å². The zero-order chi connectivity index (χ0) is 10.7. The number of hydrogen-bond donors (Lipinski definition) is 1. The van der Waals surface area contributed by atoms with Gasteiger partial charge in [0.25, 0.3) is 0 Å². The first kappa shape index (κ1) is 10.2. The topological polar surface area (TPSA) is 84.6 Å². The lowest BCUT2D eigenvalue weighted by molar-refractivity contribution is -0.143. The van der Waals surface area contributed by atoms with Crippen molar-refractivity contribution in [1.29, 1.82) is 0 Å². The Morgan fingerprint density at radius 2 is 2.07 bits per heavy atom. The van der Waals surface area contributed by atoms with Crippen molar-refractivity contribution in [3.05, 3.63) is 24.2 Å². The van der Waals surface area contributed by atoms with Crippen molar-refractivity contribution in [1.82, 2.24) is 0 Å². The van der Waals surface area contributed by atoms with Gasteiger partial charge in [-0.2, -0.15) is 0 Å². The summed E-state index contributed by atoms with van der Waals surface area (Å²) in [5, 5.41) is 8.63. The van der Waals surface area contributed by atoms with Gasteiger partial charge in [0.2, 0.25) is 5.78 Å². The third-order valence-corrected chi connectivity index (χ3v) is 1.68. The standard InChI is InChI=1S/C9H8O5/c1-5(10)7(9(12)13)8(11)6-3-2-4-14-6/h2-4,7H,1H3,(H,12,13). The van der Waals surface area contributed by atoms with Gasteiger partial charge in [-0.3, -0.25) is 14.4 Å². The number of hydrogen-bond acceptors (Lipinski definition) is 4. The lowest BCUT2D eigenvalue weighted by Gasteiger charge is -2.04. The van der Waals surface area contributed by atoms with Crippen LogP contribution < -0.4 is 0 Å². The van der Waals surface area contributed by atoms with E-state index in [1.165, 1.54) is 18.4 Å². The van der Waals surface area contributed by atoms with E-state index >= 15 is 0 Å². The third-order valence-electron chi connectivity index (χ3n) is 1.68. The van der Waals surface area contributed by atoms with Crippen molar-refractivity contribution < 1.29 is 23.9 Å². The van der Waals surface area contributed by atoms with E-state index in [2.05, 4.69) is 0 Å². The fraction of sp³-hybridized carbons (Fsp3) is 0.222. The predicted molar refractivity (Wildman–Crippen MR) is 44.8 cm³/mol. The number of furan rings is 1. The van der Waals surface area contributed by atoms with Crippen LogP contribution in [0.3, 0.4) is 0 Å². The first-order valence-electron chi connectivity index (χ1n) is 3.85. The molecule has 0 saturated heterocycles. The Morgan fingerprint density at radius 1 is 1.43 bits per heavy atom. The van der Waals surface area contributed by atoms with E-state index in [9.17, 15) is 14.4 Å². The molecule has 5 nitrogen and oxygen atoms in total.